The number of azo groups is 1. The van der Waals surface area contributed by atoms with Crippen LogP contribution in [0.15, 0.2) is 62.5 Å². The molecule has 0 heterocycles. The molecule has 3 rings (SSSR count). The molecule has 0 aromatic heterocycles. The third-order valence-corrected chi connectivity index (χ3v) is 7.76. The Morgan fingerprint density at radius 3 is 2.21 bits per heavy atom. The number of thiol groups is 1. The van der Waals surface area contributed by atoms with Crippen LogP contribution in [-0.4, -0.2) is 66.8 Å². The van der Waals surface area contributed by atoms with Gasteiger partial charge in [-0.1, -0.05) is 11.1 Å². The van der Waals surface area contributed by atoms with Crippen molar-refractivity contribution < 1.29 is 85.3 Å². The van der Waals surface area contributed by atoms with Crippen LogP contribution in [0.4, 0.5) is 11.4 Å². The summed E-state index contributed by atoms with van der Waals surface area (Å²) in [7, 11) is -5.47. The summed E-state index contributed by atoms with van der Waals surface area (Å²) in [5.41, 5.74) is -0.426. The van der Waals surface area contributed by atoms with Crippen molar-refractivity contribution in [1.29, 1.82) is 0 Å². The number of aromatic hydroxyl groups is 2. The number of hydrogen-bond donors (Lipinski definition) is 4. The first kappa shape index (κ1) is 38.7. The molecule has 0 spiro atoms. The van der Waals surface area contributed by atoms with Gasteiger partial charge in [-0.15, -0.1) is 14.6 Å². The van der Waals surface area contributed by atoms with E-state index in [2.05, 4.69) is 50.1 Å². The first-order chi connectivity index (χ1) is 19.9. The quantitative estimate of drug-likeness (QED) is 0.0267. The number of fused-ring (bicyclic) bond motifs is 1. The summed E-state index contributed by atoms with van der Waals surface area (Å²) >= 11 is 3.36. The first-order valence-electron chi connectivity index (χ1n) is 10.8. The zero-order valence-corrected chi connectivity index (χ0v) is 26.3. The van der Waals surface area contributed by atoms with Gasteiger partial charge in [0.05, 0.1) is 32.8 Å². The van der Waals surface area contributed by atoms with E-state index in [0.29, 0.717) is 12.3 Å². The van der Waals surface area contributed by atoms with E-state index in [-0.39, 0.29) is 68.8 Å². The maximum atomic E-state index is 12.4. The molecule has 0 unspecified atom stereocenters. The van der Waals surface area contributed by atoms with Crippen LogP contribution in [0.1, 0.15) is 0 Å². The minimum Gasteiger partial charge on any atom is -0.506 e. The Balaban J connectivity index is 0.00000221. The molecule has 0 aliphatic carbocycles. The van der Waals surface area contributed by atoms with Gasteiger partial charge in [0.1, 0.15) is 34.4 Å². The van der Waals surface area contributed by atoms with Crippen LogP contribution in [-0.2, 0) is 68.4 Å². The van der Waals surface area contributed by atoms with E-state index in [0.717, 1.165) is 26.4 Å². The van der Waals surface area contributed by atoms with Gasteiger partial charge in [0.25, 0.3) is 10.1 Å². The smallest absolute Gasteiger partial charge is 0.300 e. The summed E-state index contributed by atoms with van der Waals surface area (Å²) in [6.07, 6.45) is 0. The van der Waals surface area contributed by atoms with Crippen molar-refractivity contribution in [3.63, 3.8) is 0 Å². The predicted octanol–water partition coefficient (Wildman–Crippen LogP) is 4.12. The van der Waals surface area contributed by atoms with Crippen LogP contribution in [0.3, 0.4) is 0 Å². The maximum Gasteiger partial charge on any atom is 0.300 e. The Morgan fingerprint density at radius 2 is 1.58 bits per heavy atom. The van der Waals surface area contributed by atoms with Crippen molar-refractivity contribution in [2.75, 3.05) is 34.5 Å². The van der Waals surface area contributed by atoms with Gasteiger partial charge in [0.15, 0.2) is 18.1 Å². The zero-order chi connectivity index (χ0) is 31.3. The first-order valence-corrected chi connectivity index (χ1v) is 14.7. The van der Waals surface area contributed by atoms with Crippen molar-refractivity contribution in [1.82, 2.24) is 0 Å². The molecule has 243 valence electrons. The molecule has 17 nitrogen and oxygen atoms in total. The van der Waals surface area contributed by atoms with Crippen molar-refractivity contribution in [2.24, 2.45) is 10.2 Å². The van der Waals surface area contributed by atoms with Crippen LogP contribution >= 0.6 is 25.2 Å². The van der Waals surface area contributed by atoms with Gasteiger partial charge in [-0.05, 0) is 35.7 Å². The van der Waals surface area contributed by atoms with E-state index in [9.17, 15) is 27.0 Å². The average Bonchev–Trinajstić information content (AvgIpc) is 2.97. The molecule has 0 aliphatic heterocycles. The number of hydrogen-bond acceptors (Lipinski definition) is 19. The van der Waals surface area contributed by atoms with E-state index in [1.54, 1.807) is 0 Å². The molecular weight excluding hydrogens is 712 g/mol. The Hall–Kier alpha value is -2.28. The SMILES string of the molecule is COOOSOCCOc1ccc(O)c(N=Nc2c(O)c(S(=O)(=O)OC)cc3cc(S(=O)(=O)OC)ccc23)c1.OOS.[Cu]. The second kappa shape index (κ2) is 18.5. The molecule has 0 fully saturated rings. The molecule has 0 aliphatic rings. The minimum atomic E-state index is -4.45. The second-order valence-corrected chi connectivity index (χ2v) is 11.2. The van der Waals surface area contributed by atoms with Crippen LogP contribution in [0.25, 0.3) is 10.8 Å². The van der Waals surface area contributed by atoms with Gasteiger partial charge in [-0.2, -0.15) is 21.2 Å². The van der Waals surface area contributed by atoms with E-state index in [1.165, 1.54) is 37.4 Å². The second-order valence-electron chi connectivity index (χ2n) is 7.17. The molecule has 43 heavy (non-hydrogen) atoms. The van der Waals surface area contributed by atoms with E-state index < -0.39 is 30.9 Å². The van der Waals surface area contributed by atoms with E-state index in [4.69, 9.17) is 14.2 Å². The molecule has 0 amide bonds. The standard InChI is InChI=1S/C21H22N2O13S3.Cu.H2O2S/c1-30-35-36-37-34-9-8-33-14-4-7-18(24)17(12-14)22-23-20-16-6-5-15(38(26,27)31-2)10-13(16)11-19(21(20)25)39(28,29)32-3;;1-2-3/h4-7,10-12,24-25H,8-9H2,1-3H3;;1,3H. The van der Waals surface area contributed by atoms with Crippen LogP contribution in [0.5, 0.6) is 17.2 Å². The molecule has 22 heteroatoms. The predicted molar refractivity (Wildman–Crippen MR) is 147 cm³/mol. The summed E-state index contributed by atoms with van der Waals surface area (Å²) in [4.78, 5) is 3.25. The van der Waals surface area contributed by atoms with E-state index in [1.807, 2.05) is 0 Å². The maximum absolute atomic E-state index is 12.4. The Morgan fingerprint density at radius 1 is 0.907 bits per heavy atom. The number of phenolic OH excluding ortho intramolecular Hbond substituents is 2. The van der Waals surface area contributed by atoms with Crippen LogP contribution in [0.2, 0.25) is 0 Å². The molecule has 0 atom stereocenters. The Bertz CT molecular complexity index is 1590. The molecule has 3 aromatic rings. The van der Waals surface area contributed by atoms with Gasteiger partial charge in [0.2, 0.25) is 0 Å². The fraction of sp³-hybridized carbons (Fsp3) is 0.238. The van der Waals surface area contributed by atoms with Gasteiger partial charge in [0, 0.05) is 41.4 Å². The topological polar surface area (TPSA) is 228 Å². The number of nitrogens with zero attached hydrogens (tertiary/aromatic N) is 2. The van der Waals surface area contributed by atoms with Crippen molar-refractivity contribution >= 4 is 67.6 Å². The fourth-order valence-corrected chi connectivity index (χ4v) is 4.76. The molecule has 1 radical (unpaired) electrons. The summed E-state index contributed by atoms with van der Waals surface area (Å²) in [6.45, 7) is 0.149. The molecular formula is C21H24CuN2O15S4. The fourth-order valence-electron chi connectivity index (χ4n) is 3.03. The molecule has 3 N–H and O–H groups in total. The Kier molecular flexibility index (Phi) is 16.7. The summed E-state index contributed by atoms with van der Waals surface area (Å²) in [6, 6.07) is 8.69. The Labute approximate surface area is 266 Å². The van der Waals surface area contributed by atoms with Gasteiger partial charge < -0.3 is 14.9 Å². The number of phenols is 2. The molecule has 0 saturated carbocycles. The monoisotopic (exact) mass is 735 g/mol. The summed E-state index contributed by atoms with van der Waals surface area (Å²) < 4.78 is 76.0. The summed E-state index contributed by atoms with van der Waals surface area (Å²) in [5, 5.41) is 40.2. The van der Waals surface area contributed by atoms with Crippen molar-refractivity contribution in [2.45, 2.75) is 9.79 Å². The largest absolute Gasteiger partial charge is 0.506 e. The average molecular weight is 736 g/mol. The van der Waals surface area contributed by atoms with E-state index >= 15 is 0 Å². The minimum absolute atomic E-state index is 0. The molecule has 3 aromatic carbocycles. The third-order valence-electron chi connectivity index (χ3n) is 4.83. The molecule has 0 saturated heterocycles. The van der Waals surface area contributed by atoms with Crippen molar-refractivity contribution in [3.8, 4) is 17.2 Å². The molecule has 0 bridgehead atoms. The normalized spacial score (nSPS) is 11.7. The van der Waals surface area contributed by atoms with Gasteiger partial charge in [-0.3, -0.25) is 12.5 Å². The summed E-state index contributed by atoms with van der Waals surface area (Å²) in [5.74, 6) is -0.846. The zero-order valence-electron chi connectivity index (χ0n) is 22.1. The van der Waals surface area contributed by atoms with Gasteiger partial charge in [-0.25, -0.2) is 10.1 Å². The number of benzene rings is 3. The third kappa shape index (κ3) is 11.0. The van der Waals surface area contributed by atoms with Crippen molar-refractivity contribution in [3.05, 3.63) is 42.5 Å². The number of ether oxygens (including phenoxy) is 1. The van der Waals surface area contributed by atoms with Gasteiger partial charge >= 0.3 is 10.1 Å². The number of rotatable bonds is 14. The van der Waals surface area contributed by atoms with Crippen LogP contribution < -0.4 is 4.74 Å². The van der Waals surface area contributed by atoms with Crippen LogP contribution in [0, 0.1) is 0 Å².